The molecule has 0 bridgehead atoms. The molecule has 0 radical (unpaired) electrons. The summed E-state index contributed by atoms with van der Waals surface area (Å²) in [6.45, 7) is 5.68. The van der Waals surface area contributed by atoms with Crippen LogP contribution in [0.2, 0.25) is 10.0 Å². The third-order valence-electron chi connectivity index (χ3n) is 4.62. The van der Waals surface area contributed by atoms with Crippen LogP contribution < -0.4 is 14.8 Å². The number of rotatable bonds is 9. The first-order valence-corrected chi connectivity index (χ1v) is 10.4. The first kappa shape index (κ1) is 21.5. The van der Waals surface area contributed by atoms with E-state index >= 15 is 0 Å². The van der Waals surface area contributed by atoms with Gasteiger partial charge in [0, 0.05) is 28.7 Å². The molecule has 0 saturated heterocycles. The van der Waals surface area contributed by atoms with Crippen molar-refractivity contribution in [3.8, 4) is 11.5 Å². The lowest BCUT2D eigenvalue weighted by Gasteiger charge is -2.18. The summed E-state index contributed by atoms with van der Waals surface area (Å²) in [6, 6.07) is 21.9. The van der Waals surface area contributed by atoms with Gasteiger partial charge in [0.15, 0.2) is 11.5 Å². The minimum atomic E-state index is 0.212. The van der Waals surface area contributed by atoms with E-state index in [0.717, 1.165) is 11.1 Å². The molecule has 3 nitrogen and oxygen atoms in total. The molecule has 3 aromatic rings. The fourth-order valence-corrected chi connectivity index (χ4v) is 3.30. The van der Waals surface area contributed by atoms with Crippen LogP contribution in [0.3, 0.4) is 0 Å². The summed E-state index contributed by atoms with van der Waals surface area (Å²) in [6.07, 6.45) is 0. The first-order chi connectivity index (χ1) is 14.1. The molecular formula is C24H25Cl2NO2. The molecule has 1 atom stereocenters. The first-order valence-electron chi connectivity index (χ1n) is 9.67. The summed E-state index contributed by atoms with van der Waals surface area (Å²) in [4.78, 5) is 0. The third-order valence-corrected chi connectivity index (χ3v) is 5.22. The summed E-state index contributed by atoms with van der Waals surface area (Å²) in [5.41, 5.74) is 3.23. The lowest BCUT2D eigenvalue weighted by atomic mass is 10.1. The molecule has 3 rings (SSSR count). The number of hydrogen-bond acceptors (Lipinski definition) is 3. The Morgan fingerprint density at radius 3 is 2.28 bits per heavy atom. The van der Waals surface area contributed by atoms with Crippen molar-refractivity contribution in [1.29, 1.82) is 0 Å². The number of hydrogen-bond donors (Lipinski definition) is 1. The van der Waals surface area contributed by atoms with Crippen molar-refractivity contribution in [1.82, 2.24) is 5.32 Å². The summed E-state index contributed by atoms with van der Waals surface area (Å²) in [5.74, 6) is 1.32. The molecule has 0 aliphatic heterocycles. The molecule has 152 valence electrons. The lowest BCUT2D eigenvalue weighted by molar-refractivity contribution is 0.269. The molecule has 1 unspecified atom stereocenters. The Hall–Kier alpha value is -2.20. The van der Waals surface area contributed by atoms with Crippen LogP contribution in [0.25, 0.3) is 0 Å². The van der Waals surface area contributed by atoms with Crippen molar-refractivity contribution in [2.45, 2.75) is 33.0 Å². The Morgan fingerprint density at radius 1 is 0.897 bits per heavy atom. The number of halogens is 2. The molecule has 1 N–H and O–H groups in total. The van der Waals surface area contributed by atoms with E-state index < -0.39 is 0 Å². The molecule has 0 aliphatic carbocycles. The van der Waals surface area contributed by atoms with E-state index in [2.05, 4.69) is 24.4 Å². The highest BCUT2D eigenvalue weighted by Gasteiger charge is 2.13. The van der Waals surface area contributed by atoms with Crippen LogP contribution in [0.15, 0.2) is 66.7 Å². The van der Waals surface area contributed by atoms with E-state index in [9.17, 15) is 0 Å². The van der Waals surface area contributed by atoms with Crippen molar-refractivity contribution < 1.29 is 9.47 Å². The second-order valence-corrected chi connectivity index (χ2v) is 7.60. The third kappa shape index (κ3) is 6.14. The van der Waals surface area contributed by atoms with E-state index in [1.54, 1.807) is 0 Å². The van der Waals surface area contributed by atoms with Gasteiger partial charge in [0.2, 0.25) is 0 Å². The maximum Gasteiger partial charge on any atom is 0.163 e. The molecule has 0 aliphatic rings. The Bertz CT molecular complexity index is 914. The van der Waals surface area contributed by atoms with Crippen molar-refractivity contribution in [3.05, 3.63) is 93.5 Å². The van der Waals surface area contributed by atoms with E-state index in [0.29, 0.717) is 41.3 Å². The second kappa shape index (κ2) is 10.5. The summed E-state index contributed by atoms with van der Waals surface area (Å²) >= 11 is 12.5. The maximum absolute atomic E-state index is 6.54. The molecular weight excluding hydrogens is 405 g/mol. The predicted molar refractivity (Wildman–Crippen MR) is 120 cm³/mol. The monoisotopic (exact) mass is 429 g/mol. The van der Waals surface area contributed by atoms with Crippen molar-refractivity contribution in [3.63, 3.8) is 0 Å². The smallest absolute Gasteiger partial charge is 0.163 e. The van der Waals surface area contributed by atoms with Crippen LogP contribution in [0.5, 0.6) is 11.5 Å². The van der Waals surface area contributed by atoms with Crippen molar-refractivity contribution in [2.24, 2.45) is 0 Å². The summed E-state index contributed by atoms with van der Waals surface area (Å²) in [5, 5.41) is 4.86. The highest BCUT2D eigenvalue weighted by atomic mass is 35.5. The molecule has 0 saturated carbocycles. The summed E-state index contributed by atoms with van der Waals surface area (Å²) < 4.78 is 11.8. The zero-order valence-electron chi connectivity index (χ0n) is 16.6. The van der Waals surface area contributed by atoms with Gasteiger partial charge in [0.05, 0.1) is 6.61 Å². The van der Waals surface area contributed by atoms with Gasteiger partial charge < -0.3 is 14.8 Å². The minimum absolute atomic E-state index is 0.212. The van der Waals surface area contributed by atoms with Crippen molar-refractivity contribution >= 4 is 23.2 Å². The standard InChI is InChI=1S/C24H25Cl2NO2/c1-3-28-23-13-20(15-27-17(2)19-7-5-4-6-8-19)22(26)14-24(23)29-16-18-9-11-21(25)12-10-18/h4-14,17,27H,3,15-16H2,1-2H3. The molecule has 5 heteroatoms. The predicted octanol–water partition coefficient (Wildman–Crippen LogP) is 6.82. The zero-order valence-corrected chi connectivity index (χ0v) is 18.1. The highest BCUT2D eigenvalue weighted by molar-refractivity contribution is 6.31. The van der Waals surface area contributed by atoms with Crippen LogP contribution >= 0.6 is 23.2 Å². The Kier molecular flexibility index (Phi) is 7.82. The zero-order chi connectivity index (χ0) is 20.6. The fraction of sp³-hybridized carbons (Fsp3) is 0.250. The topological polar surface area (TPSA) is 30.5 Å². The van der Waals surface area contributed by atoms with Crippen LogP contribution in [0, 0.1) is 0 Å². The van der Waals surface area contributed by atoms with Gasteiger partial charge in [-0.05, 0) is 48.7 Å². The average molecular weight is 430 g/mol. The second-order valence-electron chi connectivity index (χ2n) is 6.75. The molecule has 0 amide bonds. The van der Waals surface area contributed by atoms with Gasteiger partial charge in [0.1, 0.15) is 6.61 Å². The average Bonchev–Trinajstić information content (AvgIpc) is 2.74. The van der Waals surface area contributed by atoms with Crippen molar-refractivity contribution in [2.75, 3.05) is 6.61 Å². The SMILES string of the molecule is CCOc1cc(CNC(C)c2ccccc2)c(Cl)cc1OCc1ccc(Cl)cc1. The maximum atomic E-state index is 6.54. The van der Waals surface area contributed by atoms with Gasteiger partial charge >= 0.3 is 0 Å². The molecule has 3 aromatic carbocycles. The largest absolute Gasteiger partial charge is 0.490 e. The highest BCUT2D eigenvalue weighted by Crippen LogP contribution is 2.34. The van der Waals surface area contributed by atoms with Gasteiger partial charge in [-0.3, -0.25) is 0 Å². The van der Waals surface area contributed by atoms with Gasteiger partial charge in [-0.2, -0.15) is 0 Å². The fourth-order valence-electron chi connectivity index (χ4n) is 2.96. The Labute approximate surface area is 182 Å². The normalized spacial score (nSPS) is 11.9. The van der Waals surface area contributed by atoms with Crippen LogP contribution in [0.4, 0.5) is 0 Å². The lowest BCUT2D eigenvalue weighted by Crippen LogP contribution is -2.18. The van der Waals surface area contributed by atoms with Gasteiger partial charge in [0.25, 0.3) is 0 Å². The summed E-state index contributed by atoms with van der Waals surface area (Å²) in [7, 11) is 0. The molecule has 0 spiro atoms. The Balaban J connectivity index is 1.70. The van der Waals surface area contributed by atoms with E-state index in [4.69, 9.17) is 32.7 Å². The van der Waals surface area contributed by atoms with E-state index in [1.165, 1.54) is 5.56 Å². The van der Waals surface area contributed by atoms with Gasteiger partial charge in [-0.1, -0.05) is 65.7 Å². The number of ether oxygens (including phenoxy) is 2. The van der Waals surface area contributed by atoms with Crippen LogP contribution in [0.1, 0.15) is 36.6 Å². The van der Waals surface area contributed by atoms with E-state index in [1.807, 2.05) is 61.5 Å². The molecule has 0 fully saturated rings. The van der Waals surface area contributed by atoms with Gasteiger partial charge in [-0.15, -0.1) is 0 Å². The molecule has 0 heterocycles. The minimum Gasteiger partial charge on any atom is -0.490 e. The van der Waals surface area contributed by atoms with E-state index in [-0.39, 0.29) is 6.04 Å². The van der Waals surface area contributed by atoms with Crippen LogP contribution in [-0.2, 0) is 13.2 Å². The number of benzene rings is 3. The van der Waals surface area contributed by atoms with Crippen LogP contribution in [-0.4, -0.2) is 6.61 Å². The number of nitrogens with one attached hydrogen (secondary N) is 1. The molecule has 29 heavy (non-hydrogen) atoms. The molecule has 0 aromatic heterocycles. The Morgan fingerprint density at radius 2 is 1.59 bits per heavy atom. The quantitative estimate of drug-likeness (QED) is 0.404. The van der Waals surface area contributed by atoms with Gasteiger partial charge in [-0.25, -0.2) is 0 Å².